The fourth-order valence-corrected chi connectivity index (χ4v) is 2.67. The first-order chi connectivity index (χ1) is 9.19. The van der Waals surface area contributed by atoms with Crippen molar-refractivity contribution in [2.45, 2.75) is 33.2 Å². The fourth-order valence-electron chi connectivity index (χ4n) is 1.81. The van der Waals surface area contributed by atoms with Gasteiger partial charge in [0, 0.05) is 6.04 Å². The van der Waals surface area contributed by atoms with Crippen molar-refractivity contribution < 1.29 is 4.74 Å². The second kappa shape index (κ2) is 9.51. The van der Waals surface area contributed by atoms with Gasteiger partial charge < -0.3 is 10.1 Å². The molecule has 0 aromatic heterocycles. The number of halogens is 1. The van der Waals surface area contributed by atoms with Gasteiger partial charge in [-0.05, 0) is 49.1 Å². The van der Waals surface area contributed by atoms with Crippen molar-refractivity contribution in [3.63, 3.8) is 0 Å². The molecule has 0 fully saturated rings. The van der Waals surface area contributed by atoms with Gasteiger partial charge in [-0.1, -0.05) is 31.5 Å². The van der Waals surface area contributed by atoms with Crippen LogP contribution in [-0.2, 0) is 0 Å². The van der Waals surface area contributed by atoms with Gasteiger partial charge in [0.2, 0.25) is 0 Å². The Bertz CT molecular complexity index is 373. The molecule has 0 aliphatic heterocycles. The maximum Gasteiger partial charge on any atom is 0.137 e. The van der Waals surface area contributed by atoms with E-state index in [2.05, 4.69) is 32.2 Å². The molecule has 1 aromatic rings. The third-order valence-electron chi connectivity index (χ3n) is 2.86. The van der Waals surface area contributed by atoms with Crippen LogP contribution in [0.25, 0.3) is 0 Å². The SMILES string of the molecule is CCNC(C)c1ccc(OCCCSCC)c(Cl)c1. The maximum atomic E-state index is 6.26. The summed E-state index contributed by atoms with van der Waals surface area (Å²) in [6.45, 7) is 8.09. The molecular weight excluding hydrogens is 278 g/mol. The van der Waals surface area contributed by atoms with Gasteiger partial charge in [-0.15, -0.1) is 0 Å². The van der Waals surface area contributed by atoms with Crippen molar-refractivity contribution in [2.75, 3.05) is 24.7 Å². The van der Waals surface area contributed by atoms with Gasteiger partial charge in [0.25, 0.3) is 0 Å². The molecule has 1 aromatic carbocycles. The summed E-state index contributed by atoms with van der Waals surface area (Å²) in [5, 5.41) is 4.07. The molecule has 4 heteroatoms. The van der Waals surface area contributed by atoms with Crippen molar-refractivity contribution in [3.8, 4) is 5.75 Å². The van der Waals surface area contributed by atoms with Gasteiger partial charge >= 0.3 is 0 Å². The van der Waals surface area contributed by atoms with E-state index in [1.165, 1.54) is 5.56 Å². The maximum absolute atomic E-state index is 6.26. The first-order valence-corrected chi connectivity index (χ1v) is 8.45. The molecule has 2 nitrogen and oxygen atoms in total. The third kappa shape index (κ3) is 6.07. The van der Waals surface area contributed by atoms with Gasteiger partial charge in [-0.2, -0.15) is 11.8 Å². The zero-order valence-corrected chi connectivity index (χ0v) is 13.6. The van der Waals surface area contributed by atoms with E-state index in [-0.39, 0.29) is 0 Å². The molecule has 19 heavy (non-hydrogen) atoms. The number of benzene rings is 1. The highest BCUT2D eigenvalue weighted by Gasteiger charge is 2.07. The van der Waals surface area contributed by atoms with E-state index in [0.29, 0.717) is 11.1 Å². The number of nitrogens with one attached hydrogen (secondary N) is 1. The average Bonchev–Trinajstić information content (AvgIpc) is 2.40. The molecule has 0 aliphatic rings. The van der Waals surface area contributed by atoms with Crippen molar-refractivity contribution in [2.24, 2.45) is 0 Å². The van der Waals surface area contributed by atoms with Gasteiger partial charge in [0.15, 0.2) is 0 Å². The summed E-state index contributed by atoms with van der Waals surface area (Å²) in [5.41, 5.74) is 1.20. The van der Waals surface area contributed by atoms with Crippen LogP contribution in [-0.4, -0.2) is 24.7 Å². The lowest BCUT2D eigenvalue weighted by atomic mass is 10.1. The van der Waals surface area contributed by atoms with Crippen molar-refractivity contribution in [1.82, 2.24) is 5.32 Å². The standard InChI is InChI=1S/C15H24ClNOS/c1-4-17-12(3)13-7-8-15(14(16)11-13)18-9-6-10-19-5-2/h7-8,11-12,17H,4-6,9-10H2,1-3H3. The van der Waals surface area contributed by atoms with Gasteiger partial charge in [-0.25, -0.2) is 0 Å². The second-order valence-electron chi connectivity index (χ2n) is 4.37. The number of hydrogen-bond acceptors (Lipinski definition) is 3. The average molecular weight is 302 g/mol. The minimum atomic E-state index is 0.317. The van der Waals surface area contributed by atoms with E-state index >= 15 is 0 Å². The molecule has 1 atom stereocenters. The molecule has 0 radical (unpaired) electrons. The van der Waals surface area contributed by atoms with Crippen LogP contribution in [0.1, 0.15) is 38.8 Å². The van der Waals surface area contributed by atoms with E-state index in [1.54, 1.807) is 0 Å². The molecule has 0 heterocycles. The molecule has 0 amide bonds. The lowest BCUT2D eigenvalue weighted by Gasteiger charge is -2.15. The van der Waals surface area contributed by atoms with Crippen LogP contribution >= 0.6 is 23.4 Å². The Labute approximate surface area is 126 Å². The molecule has 0 aliphatic carbocycles. The minimum absolute atomic E-state index is 0.317. The van der Waals surface area contributed by atoms with Gasteiger partial charge in [-0.3, -0.25) is 0 Å². The zero-order valence-electron chi connectivity index (χ0n) is 12.0. The molecule has 1 unspecified atom stereocenters. The van der Waals surface area contributed by atoms with Gasteiger partial charge in [0.05, 0.1) is 11.6 Å². The smallest absolute Gasteiger partial charge is 0.137 e. The Hall–Kier alpha value is -0.380. The lowest BCUT2D eigenvalue weighted by molar-refractivity contribution is 0.319. The topological polar surface area (TPSA) is 21.3 Å². The predicted octanol–water partition coefficient (Wildman–Crippen LogP) is 4.53. The first-order valence-electron chi connectivity index (χ1n) is 6.92. The van der Waals surface area contributed by atoms with Crippen molar-refractivity contribution in [3.05, 3.63) is 28.8 Å². The molecule has 0 bridgehead atoms. The summed E-state index contributed by atoms with van der Waals surface area (Å²) in [7, 11) is 0. The van der Waals surface area contributed by atoms with Crippen LogP contribution in [0.3, 0.4) is 0 Å². The lowest BCUT2D eigenvalue weighted by Crippen LogP contribution is -2.17. The van der Waals surface area contributed by atoms with Crippen LogP contribution in [0, 0.1) is 0 Å². The summed E-state index contributed by atoms with van der Waals surface area (Å²) in [6.07, 6.45) is 1.06. The Balaban J connectivity index is 2.47. The number of hydrogen-bond donors (Lipinski definition) is 1. The summed E-state index contributed by atoms with van der Waals surface area (Å²) < 4.78 is 5.71. The van der Waals surface area contributed by atoms with Crippen molar-refractivity contribution in [1.29, 1.82) is 0 Å². The summed E-state index contributed by atoms with van der Waals surface area (Å²) in [4.78, 5) is 0. The number of thioether (sulfide) groups is 1. The quantitative estimate of drug-likeness (QED) is 0.677. The fraction of sp³-hybridized carbons (Fsp3) is 0.600. The molecule has 108 valence electrons. The molecular formula is C15H24ClNOS. The van der Waals surface area contributed by atoms with Crippen molar-refractivity contribution >= 4 is 23.4 Å². The largest absolute Gasteiger partial charge is 0.492 e. The van der Waals surface area contributed by atoms with Crippen LogP contribution in [0.5, 0.6) is 5.75 Å². The molecule has 0 saturated carbocycles. The third-order valence-corrected chi connectivity index (χ3v) is 4.14. The highest BCUT2D eigenvalue weighted by atomic mass is 35.5. The van der Waals surface area contributed by atoms with Crippen LogP contribution in [0.15, 0.2) is 18.2 Å². The highest BCUT2D eigenvalue weighted by Crippen LogP contribution is 2.28. The number of rotatable bonds is 9. The Kier molecular flexibility index (Phi) is 8.35. The van der Waals surface area contributed by atoms with Gasteiger partial charge in [0.1, 0.15) is 5.75 Å². The summed E-state index contributed by atoms with van der Waals surface area (Å²) in [6, 6.07) is 6.36. The van der Waals surface area contributed by atoms with Crippen LogP contribution < -0.4 is 10.1 Å². The van der Waals surface area contributed by atoms with E-state index in [0.717, 1.165) is 36.8 Å². The van der Waals surface area contributed by atoms with E-state index in [4.69, 9.17) is 16.3 Å². The summed E-state index contributed by atoms with van der Waals surface area (Å²) >= 11 is 8.19. The monoisotopic (exact) mass is 301 g/mol. The first kappa shape index (κ1) is 16.7. The predicted molar refractivity (Wildman–Crippen MR) is 86.7 cm³/mol. The normalized spacial score (nSPS) is 12.4. The molecule has 0 saturated heterocycles. The van der Waals surface area contributed by atoms with E-state index in [1.807, 2.05) is 23.9 Å². The molecule has 1 rings (SSSR count). The van der Waals surface area contributed by atoms with E-state index in [9.17, 15) is 0 Å². The van der Waals surface area contributed by atoms with Crippen LogP contribution in [0.2, 0.25) is 5.02 Å². The summed E-state index contributed by atoms with van der Waals surface area (Å²) in [5.74, 6) is 3.09. The van der Waals surface area contributed by atoms with Crippen LogP contribution in [0.4, 0.5) is 0 Å². The minimum Gasteiger partial charge on any atom is -0.492 e. The number of ether oxygens (including phenoxy) is 1. The Morgan fingerprint density at radius 1 is 1.37 bits per heavy atom. The molecule has 0 spiro atoms. The van der Waals surface area contributed by atoms with E-state index < -0.39 is 0 Å². The highest BCUT2D eigenvalue weighted by molar-refractivity contribution is 7.99. The molecule has 1 N–H and O–H groups in total. The second-order valence-corrected chi connectivity index (χ2v) is 6.17. The Morgan fingerprint density at radius 3 is 2.79 bits per heavy atom. The Morgan fingerprint density at radius 2 is 2.16 bits per heavy atom. The zero-order chi connectivity index (χ0) is 14.1.